The second-order valence-electron chi connectivity index (χ2n) is 2.39. The van der Waals surface area contributed by atoms with Crippen molar-refractivity contribution in [3.63, 3.8) is 0 Å². The number of alkyl halides is 1. The van der Waals surface area contributed by atoms with E-state index in [1.165, 1.54) is 0 Å². The summed E-state index contributed by atoms with van der Waals surface area (Å²) in [4.78, 5) is 0. The van der Waals surface area contributed by atoms with Crippen LogP contribution in [0.2, 0.25) is 0 Å². The molecular weight excluding hydrogens is 300 g/mol. The molecule has 0 N–H and O–H groups in total. The molecule has 0 spiro atoms. The molecule has 0 aliphatic rings. The fraction of sp³-hybridized carbons (Fsp3) is 0.222. The van der Waals surface area contributed by atoms with Crippen LogP contribution in [-0.2, 0) is 5.88 Å². The lowest BCUT2D eigenvalue weighted by molar-refractivity contribution is 0.411. The van der Waals surface area contributed by atoms with Gasteiger partial charge in [-0.1, -0.05) is 0 Å². The van der Waals surface area contributed by atoms with Crippen molar-refractivity contribution in [2.75, 3.05) is 7.11 Å². The van der Waals surface area contributed by atoms with E-state index in [0.717, 1.165) is 9.13 Å². The summed E-state index contributed by atoms with van der Waals surface area (Å²) < 4.78 is 5.99. The number of hydrogen-bond acceptors (Lipinski definition) is 2. The summed E-state index contributed by atoms with van der Waals surface area (Å²) in [7, 11) is 1.57. The van der Waals surface area contributed by atoms with Crippen molar-refractivity contribution < 1.29 is 4.74 Å². The Bertz CT molecular complexity index is 359. The highest BCUT2D eigenvalue weighted by atomic mass is 127. The molecule has 0 saturated heterocycles. The summed E-state index contributed by atoms with van der Waals surface area (Å²) in [5.74, 6) is 1.07. The van der Waals surface area contributed by atoms with E-state index in [4.69, 9.17) is 21.6 Å². The maximum absolute atomic E-state index is 8.76. The van der Waals surface area contributed by atoms with E-state index in [1.807, 2.05) is 6.07 Å². The number of ether oxygens (including phenoxy) is 1. The molecule has 0 aliphatic carbocycles. The molecule has 0 atom stereocenters. The van der Waals surface area contributed by atoms with Crippen LogP contribution >= 0.6 is 34.2 Å². The Balaban J connectivity index is 3.28. The van der Waals surface area contributed by atoms with Gasteiger partial charge >= 0.3 is 0 Å². The van der Waals surface area contributed by atoms with Gasteiger partial charge in [0.25, 0.3) is 0 Å². The molecule has 13 heavy (non-hydrogen) atoms. The number of rotatable bonds is 2. The van der Waals surface area contributed by atoms with Crippen molar-refractivity contribution in [3.05, 3.63) is 26.8 Å². The van der Waals surface area contributed by atoms with Gasteiger partial charge in [0, 0.05) is 9.13 Å². The van der Waals surface area contributed by atoms with Crippen LogP contribution in [0, 0.1) is 14.9 Å². The van der Waals surface area contributed by atoms with Gasteiger partial charge < -0.3 is 4.74 Å². The third kappa shape index (κ3) is 2.26. The van der Waals surface area contributed by atoms with E-state index in [2.05, 4.69) is 28.7 Å². The predicted molar refractivity (Wildman–Crippen MR) is 60.0 cm³/mol. The van der Waals surface area contributed by atoms with Gasteiger partial charge in [-0.05, 0) is 34.7 Å². The van der Waals surface area contributed by atoms with E-state index in [-0.39, 0.29) is 0 Å². The Morgan fingerprint density at radius 3 is 2.77 bits per heavy atom. The molecule has 0 aliphatic heterocycles. The average Bonchev–Trinajstić information content (AvgIpc) is 2.17. The SMILES string of the molecule is COc1cc(C#N)c(I)cc1CCl. The second-order valence-corrected chi connectivity index (χ2v) is 3.82. The van der Waals surface area contributed by atoms with Crippen molar-refractivity contribution in [3.8, 4) is 11.8 Å². The number of nitrogens with zero attached hydrogens (tertiary/aromatic N) is 1. The third-order valence-corrected chi connectivity index (χ3v) is 2.81. The lowest BCUT2D eigenvalue weighted by atomic mass is 10.1. The quantitative estimate of drug-likeness (QED) is 0.622. The minimum absolute atomic E-state index is 0.394. The van der Waals surface area contributed by atoms with Gasteiger partial charge in [0.15, 0.2) is 0 Å². The number of halogens is 2. The number of hydrogen-bond donors (Lipinski definition) is 0. The summed E-state index contributed by atoms with van der Waals surface area (Å²) in [5, 5.41) is 8.76. The highest BCUT2D eigenvalue weighted by Gasteiger charge is 2.07. The molecule has 0 bridgehead atoms. The van der Waals surface area contributed by atoms with E-state index in [1.54, 1.807) is 13.2 Å². The van der Waals surface area contributed by atoms with Crippen molar-refractivity contribution in [1.29, 1.82) is 5.26 Å². The average molecular weight is 308 g/mol. The van der Waals surface area contributed by atoms with Gasteiger partial charge in [-0.25, -0.2) is 0 Å². The number of nitriles is 1. The molecule has 0 radical (unpaired) electrons. The molecular formula is C9H7ClINO. The van der Waals surface area contributed by atoms with Gasteiger partial charge in [0.05, 0.1) is 18.6 Å². The zero-order valence-electron chi connectivity index (χ0n) is 6.97. The van der Waals surface area contributed by atoms with Crippen LogP contribution < -0.4 is 4.74 Å². The van der Waals surface area contributed by atoms with Crippen LogP contribution in [-0.4, -0.2) is 7.11 Å². The molecule has 0 aromatic heterocycles. The highest BCUT2D eigenvalue weighted by molar-refractivity contribution is 14.1. The Morgan fingerprint density at radius 1 is 1.62 bits per heavy atom. The maximum Gasteiger partial charge on any atom is 0.124 e. The first-order valence-corrected chi connectivity index (χ1v) is 5.16. The summed E-state index contributed by atoms with van der Waals surface area (Å²) in [6, 6.07) is 5.66. The Kier molecular flexibility index (Phi) is 3.82. The molecule has 0 amide bonds. The van der Waals surface area contributed by atoms with E-state index in [9.17, 15) is 0 Å². The molecule has 4 heteroatoms. The van der Waals surface area contributed by atoms with E-state index in [0.29, 0.717) is 17.2 Å². The molecule has 0 unspecified atom stereocenters. The normalized spacial score (nSPS) is 9.38. The topological polar surface area (TPSA) is 33.0 Å². The summed E-state index contributed by atoms with van der Waals surface area (Å²) in [6.07, 6.45) is 0. The molecule has 1 rings (SSSR count). The fourth-order valence-corrected chi connectivity index (χ4v) is 1.84. The van der Waals surface area contributed by atoms with Gasteiger partial charge in [0.1, 0.15) is 11.8 Å². The Morgan fingerprint density at radius 2 is 2.31 bits per heavy atom. The van der Waals surface area contributed by atoms with Crippen LogP contribution in [0.25, 0.3) is 0 Å². The zero-order chi connectivity index (χ0) is 9.84. The van der Waals surface area contributed by atoms with Gasteiger partial charge in [0.2, 0.25) is 0 Å². The van der Waals surface area contributed by atoms with Gasteiger partial charge in [-0.2, -0.15) is 5.26 Å². The Labute approximate surface area is 95.6 Å². The minimum atomic E-state index is 0.394. The smallest absolute Gasteiger partial charge is 0.124 e. The van der Waals surface area contributed by atoms with Crippen LogP contribution in [0.3, 0.4) is 0 Å². The lowest BCUT2D eigenvalue weighted by Gasteiger charge is -2.07. The third-order valence-electron chi connectivity index (χ3n) is 1.63. The largest absolute Gasteiger partial charge is 0.496 e. The molecule has 0 heterocycles. The first-order valence-electron chi connectivity index (χ1n) is 3.55. The Hall–Kier alpha value is -0.470. The molecule has 1 aromatic carbocycles. The molecule has 2 nitrogen and oxygen atoms in total. The second kappa shape index (κ2) is 4.68. The fourth-order valence-electron chi connectivity index (χ4n) is 0.975. The lowest BCUT2D eigenvalue weighted by Crippen LogP contribution is -1.93. The van der Waals surface area contributed by atoms with Crippen molar-refractivity contribution in [1.82, 2.24) is 0 Å². The van der Waals surface area contributed by atoms with E-state index < -0.39 is 0 Å². The number of benzene rings is 1. The van der Waals surface area contributed by atoms with Crippen LogP contribution in [0.1, 0.15) is 11.1 Å². The number of methoxy groups -OCH3 is 1. The standard InChI is InChI=1S/C9H7ClINO/c1-13-9-3-7(5-12)8(11)2-6(9)4-10/h2-3H,4H2,1H3. The van der Waals surface area contributed by atoms with Crippen molar-refractivity contribution in [2.24, 2.45) is 0 Å². The molecule has 0 saturated carbocycles. The van der Waals surface area contributed by atoms with Crippen molar-refractivity contribution >= 4 is 34.2 Å². The summed E-state index contributed by atoms with van der Waals surface area (Å²) in [6.45, 7) is 0. The molecule has 0 fully saturated rings. The predicted octanol–water partition coefficient (Wildman–Crippen LogP) is 2.91. The van der Waals surface area contributed by atoms with Crippen molar-refractivity contribution in [2.45, 2.75) is 5.88 Å². The maximum atomic E-state index is 8.76. The molecule has 68 valence electrons. The van der Waals surface area contributed by atoms with Crippen LogP contribution in [0.4, 0.5) is 0 Å². The van der Waals surface area contributed by atoms with Crippen LogP contribution in [0.5, 0.6) is 5.75 Å². The zero-order valence-corrected chi connectivity index (χ0v) is 9.89. The molecule has 1 aromatic rings. The first kappa shape index (κ1) is 10.6. The van der Waals surface area contributed by atoms with Crippen LogP contribution in [0.15, 0.2) is 12.1 Å². The van der Waals surface area contributed by atoms with E-state index >= 15 is 0 Å². The van der Waals surface area contributed by atoms with Gasteiger partial charge in [-0.15, -0.1) is 11.6 Å². The first-order chi connectivity index (χ1) is 6.22. The monoisotopic (exact) mass is 307 g/mol. The summed E-state index contributed by atoms with van der Waals surface area (Å²) in [5.41, 5.74) is 1.53. The minimum Gasteiger partial charge on any atom is -0.496 e. The van der Waals surface area contributed by atoms with Gasteiger partial charge in [-0.3, -0.25) is 0 Å². The summed E-state index contributed by atoms with van der Waals surface area (Å²) >= 11 is 7.82. The highest BCUT2D eigenvalue weighted by Crippen LogP contribution is 2.25.